The summed E-state index contributed by atoms with van der Waals surface area (Å²) in [5, 5.41) is 18.0. The highest BCUT2D eigenvalue weighted by Gasteiger charge is 2.48. The number of aromatic nitrogens is 2. The average molecular weight is 554 g/mol. The van der Waals surface area contributed by atoms with Crippen molar-refractivity contribution in [3.8, 4) is 28.5 Å². The highest BCUT2D eigenvalue weighted by molar-refractivity contribution is 7.91. The molecule has 0 saturated carbocycles. The molecule has 2 N–H and O–H groups in total. The number of aryl methyl sites for hydroxylation is 1. The normalized spacial score (nSPS) is 19.9. The molecule has 0 spiro atoms. The molecule has 1 fully saturated rings. The van der Waals surface area contributed by atoms with Gasteiger partial charge in [0.25, 0.3) is 5.91 Å². The first-order valence-corrected chi connectivity index (χ1v) is 15.3. The van der Waals surface area contributed by atoms with Crippen molar-refractivity contribution in [1.82, 2.24) is 15.1 Å². The number of rotatable bonds is 10. The molecule has 0 bridgehead atoms. The van der Waals surface area contributed by atoms with Crippen molar-refractivity contribution in [3.63, 3.8) is 0 Å². The Kier molecular flexibility index (Phi) is 7.57. The fourth-order valence-electron chi connectivity index (χ4n) is 5.59. The number of nitrogens with one attached hydrogen (secondary N) is 1. The van der Waals surface area contributed by atoms with Gasteiger partial charge in [0.2, 0.25) is 0 Å². The summed E-state index contributed by atoms with van der Waals surface area (Å²) < 4.78 is 36.5. The van der Waals surface area contributed by atoms with Gasteiger partial charge < -0.3 is 19.5 Å². The standard InChI is InChI=1S/C29H35N3O6S/c1-4-5-6-7-13-38-23-11-9-19(16-24(23)37-3)28-25-26(21-15-18(2)8-10-22(21)33)30-31-27(25)29(34)32(28)20-12-14-39(35,36)17-20/h8-11,15-16,20,28,33H,4-7,12-14,17H2,1-3H3,(H,30,31). The van der Waals surface area contributed by atoms with Crippen LogP contribution in [0.1, 0.15) is 72.2 Å². The SMILES string of the molecule is CCCCCCOc1ccc(C2c3c(-c4cc(C)ccc4O)n[nH]c3C(=O)N2C2CCS(=O)(=O)C2)cc1OC. The Labute approximate surface area is 229 Å². The molecule has 0 radical (unpaired) electrons. The third kappa shape index (κ3) is 5.22. The van der Waals surface area contributed by atoms with Crippen LogP contribution >= 0.6 is 0 Å². The van der Waals surface area contributed by atoms with Gasteiger partial charge in [0.15, 0.2) is 21.3 Å². The Hall–Kier alpha value is -3.53. The lowest BCUT2D eigenvalue weighted by Gasteiger charge is -2.31. The van der Waals surface area contributed by atoms with E-state index in [1.165, 1.54) is 0 Å². The fourth-order valence-corrected chi connectivity index (χ4v) is 7.30. The van der Waals surface area contributed by atoms with Crippen molar-refractivity contribution in [3.05, 3.63) is 58.8 Å². The summed E-state index contributed by atoms with van der Waals surface area (Å²) in [5.41, 5.74) is 3.56. The number of phenolic OH excluding ortho intramolecular Hbond substituents is 1. The molecule has 208 valence electrons. The molecule has 1 amide bonds. The summed E-state index contributed by atoms with van der Waals surface area (Å²) >= 11 is 0. The number of methoxy groups -OCH3 is 1. The number of ether oxygens (including phenoxy) is 2. The van der Waals surface area contributed by atoms with Gasteiger partial charge in [-0.2, -0.15) is 5.10 Å². The van der Waals surface area contributed by atoms with E-state index in [1.54, 1.807) is 24.1 Å². The van der Waals surface area contributed by atoms with Gasteiger partial charge in [0.1, 0.15) is 17.1 Å². The van der Waals surface area contributed by atoms with Crippen molar-refractivity contribution in [1.29, 1.82) is 0 Å². The van der Waals surface area contributed by atoms with E-state index in [0.29, 0.717) is 47.0 Å². The van der Waals surface area contributed by atoms with Crippen LogP contribution in [0.15, 0.2) is 36.4 Å². The number of carbonyl (C=O) groups excluding carboxylic acids is 1. The number of H-pyrrole nitrogens is 1. The number of fused-ring (bicyclic) bond motifs is 1. The second-order valence-electron chi connectivity index (χ2n) is 10.4. The zero-order chi connectivity index (χ0) is 27.7. The van der Waals surface area contributed by atoms with Crippen LogP contribution < -0.4 is 9.47 Å². The van der Waals surface area contributed by atoms with Gasteiger partial charge in [-0.05, 0) is 49.6 Å². The number of aromatic hydroxyl groups is 1. The van der Waals surface area contributed by atoms with Crippen LogP contribution in [-0.2, 0) is 9.84 Å². The number of hydrogen-bond acceptors (Lipinski definition) is 7. The van der Waals surface area contributed by atoms with Gasteiger partial charge in [-0.1, -0.05) is 43.9 Å². The van der Waals surface area contributed by atoms with E-state index >= 15 is 0 Å². The van der Waals surface area contributed by atoms with Gasteiger partial charge in [0.05, 0.1) is 31.3 Å². The number of aromatic amines is 1. The fraction of sp³-hybridized carbons (Fsp3) is 0.448. The summed E-state index contributed by atoms with van der Waals surface area (Å²) in [4.78, 5) is 15.4. The van der Waals surface area contributed by atoms with Gasteiger partial charge >= 0.3 is 0 Å². The van der Waals surface area contributed by atoms with Crippen molar-refractivity contribution in [2.45, 2.75) is 58.0 Å². The number of sulfone groups is 1. The smallest absolute Gasteiger partial charge is 0.273 e. The number of benzene rings is 2. The Balaban J connectivity index is 1.58. The Morgan fingerprint density at radius 2 is 1.95 bits per heavy atom. The summed E-state index contributed by atoms with van der Waals surface area (Å²) in [6.45, 7) is 4.66. The molecular formula is C29H35N3O6S. The average Bonchev–Trinajstić information content (AvgIpc) is 3.58. The van der Waals surface area contributed by atoms with Crippen LogP contribution in [-0.4, -0.2) is 65.8 Å². The van der Waals surface area contributed by atoms with Gasteiger partial charge in [-0.3, -0.25) is 9.89 Å². The first-order chi connectivity index (χ1) is 18.7. The second kappa shape index (κ2) is 10.9. The third-order valence-corrected chi connectivity index (χ3v) is 9.32. The van der Waals surface area contributed by atoms with E-state index in [0.717, 1.165) is 36.8 Å². The van der Waals surface area contributed by atoms with E-state index in [4.69, 9.17) is 9.47 Å². The quantitative estimate of drug-likeness (QED) is 0.346. The molecule has 39 heavy (non-hydrogen) atoms. The molecule has 2 atom stereocenters. The highest BCUT2D eigenvalue weighted by Crippen LogP contribution is 2.47. The Bertz CT molecular complexity index is 1480. The van der Waals surface area contributed by atoms with Gasteiger partial charge in [-0.25, -0.2) is 8.42 Å². The molecule has 3 aromatic rings. The topological polar surface area (TPSA) is 122 Å². The lowest BCUT2D eigenvalue weighted by molar-refractivity contribution is 0.0677. The van der Waals surface area contributed by atoms with Crippen LogP contribution in [0.5, 0.6) is 17.2 Å². The van der Waals surface area contributed by atoms with Crippen LogP contribution in [0, 0.1) is 6.92 Å². The molecule has 3 heterocycles. The van der Waals surface area contributed by atoms with E-state index in [1.807, 2.05) is 31.2 Å². The maximum absolute atomic E-state index is 13.8. The summed E-state index contributed by atoms with van der Waals surface area (Å²) in [6.07, 6.45) is 4.71. The largest absolute Gasteiger partial charge is 0.507 e. The predicted octanol–water partition coefficient (Wildman–Crippen LogP) is 4.79. The maximum atomic E-state index is 13.8. The summed E-state index contributed by atoms with van der Waals surface area (Å²) in [5.74, 6) is 0.839. The second-order valence-corrected chi connectivity index (χ2v) is 12.6. The minimum atomic E-state index is -3.25. The van der Waals surface area contributed by atoms with E-state index in [9.17, 15) is 18.3 Å². The number of nitrogens with zero attached hydrogens (tertiary/aromatic N) is 2. The Morgan fingerprint density at radius 1 is 1.13 bits per heavy atom. The number of hydrogen-bond donors (Lipinski definition) is 2. The van der Waals surface area contributed by atoms with E-state index < -0.39 is 21.9 Å². The minimum absolute atomic E-state index is 0.0417. The number of amides is 1. The molecule has 1 aromatic heterocycles. The molecule has 2 aromatic carbocycles. The molecule has 2 aliphatic rings. The lowest BCUT2D eigenvalue weighted by atomic mass is 9.94. The van der Waals surface area contributed by atoms with Crippen LogP contribution in [0.25, 0.3) is 11.3 Å². The van der Waals surface area contributed by atoms with Crippen LogP contribution in [0.3, 0.4) is 0 Å². The first kappa shape index (κ1) is 27.1. The number of carbonyl (C=O) groups is 1. The molecule has 9 nitrogen and oxygen atoms in total. The van der Waals surface area contributed by atoms with Crippen LogP contribution in [0.4, 0.5) is 0 Å². The highest BCUT2D eigenvalue weighted by atomic mass is 32.2. The van der Waals surface area contributed by atoms with Gasteiger partial charge in [-0.15, -0.1) is 0 Å². The number of phenols is 1. The van der Waals surface area contributed by atoms with Crippen LogP contribution in [0.2, 0.25) is 0 Å². The molecule has 10 heteroatoms. The molecule has 1 saturated heterocycles. The molecule has 5 rings (SSSR count). The third-order valence-electron chi connectivity index (χ3n) is 7.57. The van der Waals surface area contributed by atoms with E-state index in [-0.39, 0.29) is 23.2 Å². The van der Waals surface area contributed by atoms with Crippen molar-refractivity contribution in [2.24, 2.45) is 0 Å². The Morgan fingerprint density at radius 3 is 2.67 bits per heavy atom. The van der Waals surface area contributed by atoms with Crippen molar-refractivity contribution < 1.29 is 27.8 Å². The zero-order valence-electron chi connectivity index (χ0n) is 22.6. The molecular weight excluding hydrogens is 518 g/mol. The molecule has 2 unspecified atom stereocenters. The van der Waals surface area contributed by atoms with E-state index in [2.05, 4.69) is 17.1 Å². The number of unbranched alkanes of at least 4 members (excludes halogenated alkanes) is 3. The molecule has 0 aliphatic carbocycles. The lowest BCUT2D eigenvalue weighted by Crippen LogP contribution is -2.40. The molecule has 2 aliphatic heterocycles. The predicted molar refractivity (Wildman–Crippen MR) is 148 cm³/mol. The van der Waals surface area contributed by atoms with Crippen molar-refractivity contribution >= 4 is 15.7 Å². The van der Waals surface area contributed by atoms with Gasteiger partial charge in [0, 0.05) is 17.2 Å². The maximum Gasteiger partial charge on any atom is 0.273 e. The zero-order valence-corrected chi connectivity index (χ0v) is 23.4. The van der Waals surface area contributed by atoms with Crippen molar-refractivity contribution in [2.75, 3.05) is 25.2 Å². The minimum Gasteiger partial charge on any atom is -0.507 e. The summed E-state index contributed by atoms with van der Waals surface area (Å²) in [7, 11) is -1.67. The summed E-state index contributed by atoms with van der Waals surface area (Å²) in [6, 6.07) is 9.71. The first-order valence-electron chi connectivity index (χ1n) is 13.5. The monoisotopic (exact) mass is 553 g/mol.